The molecule has 19 heavy (non-hydrogen) atoms. The van der Waals surface area contributed by atoms with Crippen LogP contribution >= 0.6 is 0 Å². The van der Waals surface area contributed by atoms with Crippen LogP contribution in [-0.2, 0) is 14.8 Å². The van der Waals surface area contributed by atoms with Crippen LogP contribution in [0.2, 0.25) is 0 Å². The minimum Gasteiger partial charge on any atom is -0.461 e. The maximum Gasteiger partial charge on any atom is 0.360 e. The summed E-state index contributed by atoms with van der Waals surface area (Å²) in [5, 5.41) is 11.4. The van der Waals surface area contributed by atoms with Gasteiger partial charge in [0.1, 0.15) is 4.90 Å². The SMILES string of the molecule is CCCCOC(=O)c1n[nH]c(C(C)C)c1S(N)(=O)=O. The van der Waals surface area contributed by atoms with E-state index in [9.17, 15) is 13.2 Å². The molecule has 8 heteroatoms. The average Bonchev–Trinajstić information content (AvgIpc) is 2.73. The Morgan fingerprint density at radius 3 is 2.58 bits per heavy atom. The van der Waals surface area contributed by atoms with Crippen molar-refractivity contribution in [3.05, 3.63) is 11.4 Å². The molecule has 0 saturated heterocycles. The zero-order valence-electron chi connectivity index (χ0n) is 11.3. The van der Waals surface area contributed by atoms with Crippen molar-refractivity contribution in [3.8, 4) is 0 Å². The molecule has 0 aliphatic carbocycles. The Hall–Kier alpha value is -1.41. The van der Waals surface area contributed by atoms with E-state index in [1.807, 2.05) is 6.92 Å². The molecule has 0 aromatic carbocycles. The Kier molecular flexibility index (Phi) is 5.07. The Balaban J connectivity index is 3.12. The van der Waals surface area contributed by atoms with Gasteiger partial charge in [0.05, 0.1) is 12.3 Å². The third-order valence-electron chi connectivity index (χ3n) is 2.53. The fourth-order valence-corrected chi connectivity index (χ4v) is 2.53. The summed E-state index contributed by atoms with van der Waals surface area (Å²) in [5.41, 5.74) is 0.0345. The molecule has 0 aliphatic heterocycles. The molecule has 0 radical (unpaired) electrons. The fourth-order valence-electron chi connectivity index (χ4n) is 1.54. The second kappa shape index (κ2) is 6.16. The number of rotatable bonds is 6. The van der Waals surface area contributed by atoms with E-state index in [1.54, 1.807) is 13.8 Å². The fraction of sp³-hybridized carbons (Fsp3) is 0.636. The van der Waals surface area contributed by atoms with E-state index in [1.165, 1.54) is 0 Å². The Morgan fingerprint density at radius 2 is 2.11 bits per heavy atom. The topological polar surface area (TPSA) is 115 Å². The summed E-state index contributed by atoms with van der Waals surface area (Å²) in [6.45, 7) is 5.72. The number of aromatic amines is 1. The molecular formula is C11H19N3O4S. The number of nitrogens with zero attached hydrogens (tertiary/aromatic N) is 1. The second-order valence-electron chi connectivity index (χ2n) is 4.50. The molecule has 0 amide bonds. The lowest BCUT2D eigenvalue weighted by Gasteiger charge is -2.06. The van der Waals surface area contributed by atoms with Gasteiger partial charge in [-0.15, -0.1) is 0 Å². The molecule has 108 valence electrons. The van der Waals surface area contributed by atoms with Crippen LogP contribution in [0.15, 0.2) is 4.90 Å². The summed E-state index contributed by atoms with van der Waals surface area (Å²) in [4.78, 5) is 11.5. The molecule has 1 aromatic rings. The highest BCUT2D eigenvalue weighted by Crippen LogP contribution is 2.24. The molecule has 0 aliphatic rings. The minimum atomic E-state index is -4.04. The molecule has 1 rings (SSSR count). The van der Waals surface area contributed by atoms with Gasteiger partial charge in [0.15, 0.2) is 5.69 Å². The predicted octanol–water partition coefficient (Wildman–Crippen LogP) is 1.14. The maximum absolute atomic E-state index is 11.8. The molecule has 0 saturated carbocycles. The smallest absolute Gasteiger partial charge is 0.360 e. The zero-order chi connectivity index (χ0) is 14.6. The number of unbranched alkanes of at least 4 members (excludes halogenated alkanes) is 1. The summed E-state index contributed by atoms with van der Waals surface area (Å²) in [5.74, 6) is -0.932. The van der Waals surface area contributed by atoms with Crippen LogP contribution in [0.3, 0.4) is 0 Å². The lowest BCUT2D eigenvalue weighted by Crippen LogP contribution is -2.19. The maximum atomic E-state index is 11.8. The summed E-state index contributed by atoms with van der Waals surface area (Å²) < 4.78 is 28.1. The number of ether oxygens (including phenoxy) is 1. The first-order chi connectivity index (χ1) is 8.79. The Bertz CT molecular complexity index is 548. The second-order valence-corrected chi connectivity index (χ2v) is 6.00. The van der Waals surface area contributed by atoms with Crippen molar-refractivity contribution in [2.45, 2.75) is 44.4 Å². The number of nitrogens with one attached hydrogen (secondary N) is 1. The van der Waals surface area contributed by atoms with E-state index in [4.69, 9.17) is 9.88 Å². The van der Waals surface area contributed by atoms with Gasteiger partial charge in [0, 0.05) is 0 Å². The molecule has 3 N–H and O–H groups in total. The van der Waals surface area contributed by atoms with E-state index in [-0.39, 0.29) is 23.1 Å². The van der Waals surface area contributed by atoms with Crippen LogP contribution in [0.1, 0.15) is 55.7 Å². The van der Waals surface area contributed by atoms with Gasteiger partial charge in [-0.05, 0) is 12.3 Å². The minimum absolute atomic E-state index is 0.155. The van der Waals surface area contributed by atoms with Crippen molar-refractivity contribution in [3.63, 3.8) is 0 Å². The molecule has 0 atom stereocenters. The number of hydrogen-bond acceptors (Lipinski definition) is 5. The highest BCUT2D eigenvalue weighted by Gasteiger charge is 2.29. The number of primary sulfonamides is 1. The quantitative estimate of drug-likeness (QED) is 0.602. The molecular weight excluding hydrogens is 270 g/mol. The monoisotopic (exact) mass is 289 g/mol. The normalized spacial score (nSPS) is 11.8. The van der Waals surface area contributed by atoms with Crippen molar-refractivity contribution in [1.29, 1.82) is 0 Å². The number of hydrogen-bond donors (Lipinski definition) is 2. The molecule has 0 unspecified atom stereocenters. The first-order valence-corrected chi connectivity index (χ1v) is 7.61. The van der Waals surface area contributed by atoms with Gasteiger partial charge in [0.25, 0.3) is 0 Å². The summed E-state index contributed by atoms with van der Waals surface area (Å²) >= 11 is 0. The predicted molar refractivity (Wildman–Crippen MR) is 69.2 cm³/mol. The van der Waals surface area contributed by atoms with E-state index < -0.39 is 16.0 Å². The van der Waals surface area contributed by atoms with Gasteiger partial charge in [0.2, 0.25) is 10.0 Å². The van der Waals surface area contributed by atoms with Gasteiger partial charge in [-0.25, -0.2) is 18.4 Å². The van der Waals surface area contributed by atoms with Crippen LogP contribution < -0.4 is 5.14 Å². The van der Waals surface area contributed by atoms with Gasteiger partial charge in [-0.1, -0.05) is 27.2 Å². The Morgan fingerprint density at radius 1 is 1.47 bits per heavy atom. The van der Waals surface area contributed by atoms with E-state index in [0.717, 1.165) is 6.42 Å². The molecule has 0 spiro atoms. The van der Waals surface area contributed by atoms with E-state index in [2.05, 4.69) is 10.2 Å². The molecule has 7 nitrogen and oxygen atoms in total. The number of carbonyl (C=O) groups excluding carboxylic acids is 1. The van der Waals surface area contributed by atoms with Crippen LogP contribution in [0, 0.1) is 0 Å². The zero-order valence-corrected chi connectivity index (χ0v) is 12.1. The van der Waals surface area contributed by atoms with Crippen molar-refractivity contribution in [1.82, 2.24) is 10.2 Å². The van der Waals surface area contributed by atoms with Crippen molar-refractivity contribution < 1.29 is 17.9 Å². The summed E-state index contributed by atoms with van der Waals surface area (Å²) in [7, 11) is -4.04. The number of sulfonamides is 1. The van der Waals surface area contributed by atoms with Crippen LogP contribution in [0.5, 0.6) is 0 Å². The third kappa shape index (κ3) is 3.77. The van der Waals surface area contributed by atoms with Crippen molar-refractivity contribution >= 4 is 16.0 Å². The van der Waals surface area contributed by atoms with Crippen LogP contribution in [-0.4, -0.2) is 31.2 Å². The van der Waals surface area contributed by atoms with Crippen molar-refractivity contribution in [2.75, 3.05) is 6.61 Å². The van der Waals surface area contributed by atoms with E-state index in [0.29, 0.717) is 12.1 Å². The van der Waals surface area contributed by atoms with E-state index >= 15 is 0 Å². The first kappa shape index (κ1) is 15.6. The first-order valence-electron chi connectivity index (χ1n) is 6.07. The third-order valence-corrected chi connectivity index (χ3v) is 3.52. The number of esters is 1. The lowest BCUT2D eigenvalue weighted by atomic mass is 10.1. The van der Waals surface area contributed by atoms with Crippen LogP contribution in [0.4, 0.5) is 0 Å². The number of nitrogens with two attached hydrogens (primary N) is 1. The largest absolute Gasteiger partial charge is 0.461 e. The number of carbonyl (C=O) groups is 1. The summed E-state index contributed by atoms with van der Waals surface area (Å²) in [6, 6.07) is 0. The molecule has 1 heterocycles. The Labute approximate surface area is 112 Å². The van der Waals surface area contributed by atoms with Gasteiger partial charge in [-0.3, -0.25) is 5.10 Å². The number of aromatic nitrogens is 2. The molecule has 1 aromatic heterocycles. The van der Waals surface area contributed by atoms with Gasteiger partial charge < -0.3 is 4.74 Å². The standard InChI is InChI=1S/C11H19N3O4S/c1-4-5-6-18-11(15)9-10(19(12,16)17)8(7(2)3)13-14-9/h7H,4-6H2,1-3H3,(H,13,14)(H2,12,16,17). The van der Waals surface area contributed by atoms with Crippen LogP contribution in [0.25, 0.3) is 0 Å². The summed E-state index contributed by atoms with van der Waals surface area (Å²) in [6.07, 6.45) is 1.57. The highest BCUT2D eigenvalue weighted by atomic mass is 32.2. The average molecular weight is 289 g/mol. The molecule has 0 fully saturated rings. The highest BCUT2D eigenvalue weighted by molar-refractivity contribution is 7.89. The van der Waals surface area contributed by atoms with Gasteiger partial charge >= 0.3 is 5.97 Å². The van der Waals surface area contributed by atoms with Crippen molar-refractivity contribution in [2.24, 2.45) is 5.14 Å². The van der Waals surface area contributed by atoms with Gasteiger partial charge in [-0.2, -0.15) is 5.10 Å². The lowest BCUT2D eigenvalue weighted by molar-refractivity contribution is 0.0488. The molecule has 0 bridgehead atoms. The number of H-pyrrole nitrogens is 1.